The van der Waals surface area contributed by atoms with Crippen LogP contribution in [0.1, 0.15) is 40.7 Å². The predicted octanol–water partition coefficient (Wildman–Crippen LogP) is 4.58. The Labute approximate surface area is 158 Å². The van der Waals surface area contributed by atoms with Gasteiger partial charge in [0.2, 0.25) is 0 Å². The highest BCUT2D eigenvalue weighted by molar-refractivity contribution is 7.80. The highest BCUT2D eigenvalue weighted by Crippen LogP contribution is 2.40. The molecule has 1 aliphatic rings. The fraction of sp³-hybridized carbons (Fsp3) is 0.381. The topological polar surface area (TPSA) is 35.5 Å². The van der Waals surface area contributed by atoms with Gasteiger partial charge >= 0.3 is 0 Å². The van der Waals surface area contributed by atoms with E-state index in [9.17, 15) is 9.18 Å². The third kappa shape index (κ3) is 4.00. The van der Waals surface area contributed by atoms with Crippen molar-refractivity contribution in [3.8, 4) is 0 Å². The van der Waals surface area contributed by atoms with Crippen LogP contribution in [0, 0.1) is 5.82 Å². The van der Waals surface area contributed by atoms with Gasteiger partial charge in [-0.2, -0.15) is 0 Å². The van der Waals surface area contributed by atoms with Gasteiger partial charge in [0, 0.05) is 50.0 Å². The van der Waals surface area contributed by atoms with Crippen molar-refractivity contribution in [1.29, 1.82) is 0 Å². The summed E-state index contributed by atoms with van der Waals surface area (Å²) in [4.78, 5) is 13.0. The van der Waals surface area contributed by atoms with Crippen LogP contribution in [0.25, 0.3) is 0 Å². The Kier molecular flexibility index (Phi) is 6.12. The lowest BCUT2D eigenvalue weighted by atomic mass is 9.82. The van der Waals surface area contributed by atoms with Gasteiger partial charge in [-0.3, -0.25) is 4.79 Å². The number of thiol groups is 1. The number of methoxy groups -OCH3 is 1. The summed E-state index contributed by atoms with van der Waals surface area (Å²) in [6, 6.07) is 12.1. The van der Waals surface area contributed by atoms with Crippen molar-refractivity contribution in [3.63, 3.8) is 0 Å². The zero-order valence-electron chi connectivity index (χ0n) is 14.8. The van der Waals surface area contributed by atoms with Gasteiger partial charge in [0.1, 0.15) is 5.82 Å². The molecule has 1 fully saturated rings. The van der Waals surface area contributed by atoms with Crippen LogP contribution in [0.3, 0.4) is 0 Å². The van der Waals surface area contributed by atoms with E-state index in [1.165, 1.54) is 12.1 Å². The first-order valence-corrected chi connectivity index (χ1v) is 9.23. The van der Waals surface area contributed by atoms with Crippen LogP contribution < -0.4 is 0 Å². The number of hydrogen-bond donors (Lipinski definition) is 1. The minimum absolute atomic E-state index is 0.0621. The highest BCUT2D eigenvalue weighted by atomic mass is 32.1. The van der Waals surface area contributed by atoms with Crippen molar-refractivity contribution in [2.24, 2.45) is 0 Å². The molecule has 2 aromatic carbocycles. The monoisotopic (exact) mass is 374 g/mol. The molecule has 3 nitrogen and oxygen atoms in total. The summed E-state index contributed by atoms with van der Waals surface area (Å²) in [6.07, 6.45) is 2.14. The first-order valence-electron chi connectivity index (χ1n) is 8.79. The number of carbonyl (C=O) groups excluding carboxylic acids is 1. The minimum Gasteiger partial charge on any atom is -0.381 e. The number of Topliss-reactive ketones (excluding diaryl/α,β-unsaturated/α-hetero) is 1. The molecule has 2 aromatic rings. The van der Waals surface area contributed by atoms with Crippen molar-refractivity contribution in [2.45, 2.75) is 36.2 Å². The zero-order chi connectivity index (χ0) is 18.6. The van der Waals surface area contributed by atoms with Crippen molar-refractivity contribution in [2.75, 3.05) is 20.3 Å². The largest absolute Gasteiger partial charge is 0.381 e. The highest BCUT2D eigenvalue weighted by Gasteiger charge is 2.37. The molecule has 0 unspecified atom stereocenters. The van der Waals surface area contributed by atoms with Crippen molar-refractivity contribution in [3.05, 3.63) is 65.0 Å². The molecule has 0 radical (unpaired) electrons. The molecule has 138 valence electrons. The lowest BCUT2D eigenvalue weighted by Crippen LogP contribution is -2.36. The third-order valence-corrected chi connectivity index (χ3v) is 5.47. The van der Waals surface area contributed by atoms with Crippen LogP contribution in [0.4, 0.5) is 4.39 Å². The summed E-state index contributed by atoms with van der Waals surface area (Å²) >= 11 is 4.48. The van der Waals surface area contributed by atoms with Crippen molar-refractivity contribution in [1.82, 2.24) is 0 Å². The van der Waals surface area contributed by atoms with Gasteiger partial charge in [-0.25, -0.2) is 4.39 Å². The molecule has 1 saturated heterocycles. The van der Waals surface area contributed by atoms with Gasteiger partial charge in [0.05, 0.1) is 5.60 Å². The molecule has 3 rings (SSSR count). The summed E-state index contributed by atoms with van der Waals surface area (Å²) in [5.41, 5.74) is 1.75. The number of benzene rings is 2. The maximum Gasteiger partial charge on any atom is 0.163 e. The molecule has 26 heavy (non-hydrogen) atoms. The maximum atomic E-state index is 14.1. The Bertz CT molecular complexity index is 770. The summed E-state index contributed by atoms with van der Waals surface area (Å²) < 4.78 is 25.4. The predicted molar refractivity (Wildman–Crippen MR) is 101 cm³/mol. The molecule has 0 amide bonds. The fourth-order valence-electron chi connectivity index (χ4n) is 3.58. The number of halogens is 1. The molecule has 0 aromatic heterocycles. The van der Waals surface area contributed by atoms with Crippen LogP contribution in [-0.4, -0.2) is 26.1 Å². The van der Waals surface area contributed by atoms with Gasteiger partial charge in [0.15, 0.2) is 5.78 Å². The number of ether oxygens (including phenoxy) is 2. The molecule has 1 heterocycles. The average Bonchev–Trinajstić information content (AvgIpc) is 2.67. The molecule has 0 aliphatic carbocycles. The van der Waals surface area contributed by atoms with E-state index in [2.05, 4.69) is 12.6 Å². The molecule has 0 atom stereocenters. The van der Waals surface area contributed by atoms with Crippen LogP contribution in [0.15, 0.2) is 47.4 Å². The Morgan fingerprint density at radius 1 is 1.23 bits per heavy atom. The second-order valence-corrected chi connectivity index (χ2v) is 7.03. The lowest BCUT2D eigenvalue weighted by molar-refractivity contribution is -0.0955. The molecule has 0 saturated carbocycles. The normalized spacial score (nSPS) is 16.4. The Morgan fingerprint density at radius 3 is 2.58 bits per heavy atom. The zero-order valence-corrected chi connectivity index (χ0v) is 15.7. The fourth-order valence-corrected chi connectivity index (χ4v) is 3.94. The molecular weight excluding hydrogens is 351 g/mol. The van der Waals surface area contributed by atoms with E-state index < -0.39 is 5.60 Å². The van der Waals surface area contributed by atoms with E-state index in [0.29, 0.717) is 49.4 Å². The molecule has 1 aliphatic heterocycles. The second kappa shape index (κ2) is 8.33. The first-order chi connectivity index (χ1) is 12.6. The summed E-state index contributed by atoms with van der Waals surface area (Å²) in [5.74, 6) is -0.280. The summed E-state index contributed by atoms with van der Waals surface area (Å²) in [7, 11) is 1.65. The van der Waals surface area contributed by atoms with Crippen molar-refractivity contribution >= 4 is 18.4 Å². The van der Waals surface area contributed by atoms with Gasteiger partial charge in [-0.15, -0.1) is 12.6 Å². The molecule has 5 heteroatoms. The van der Waals surface area contributed by atoms with E-state index in [4.69, 9.17) is 9.47 Å². The standard InChI is InChI=1S/C21H23FO3S/c1-24-21(9-11-25-12-10-21)18-13-16(22)14-20(26)17(18)7-8-19(23)15-5-3-2-4-6-15/h2-6,13-14,26H,7-12H2,1H3. The molecule has 0 N–H and O–H groups in total. The van der Waals surface area contributed by atoms with Gasteiger partial charge in [-0.1, -0.05) is 30.3 Å². The first kappa shape index (κ1) is 19.1. The van der Waals surface area contributed by atoms with Gasteiger partial charge in [-0.05, 0) is 29.7 Å². The van der Waals surface area contributed by atoms with Crippen molar-refractivity contribution < 1.29 is 18.7 Å². The van der Waals surface area contributed by atoms with Gasteiger partial charge in [0.25, 0.3) is 0 Å². The van der Waals surface area contributed by atoms with E-state index in [-0.39, 0.29) is 11.6 Å². The van der Waals surface area contributed by atoms with E-state index >= 15 is 0 Å². The second-order valence-electron chi connectivity index (χ2n) is 6.55. The molecular formula is C21H23FO3S. The summed E-state index contributed by atoms with van der Waals surface area (Å²) in [5, 5.41) is 0. The van der Waals surface area contributed by atoms with E-state index in [1.54, 1.807) is 7.11 Å². The van der Waals surface area contributed by atoms with Crippen LogP contribution in [-0.2, 0) is 21.5 Å². The summed E-state index contributed by atoms with van der Waals surface area (Å²) in [6.45, 7) is 1.13. The number of ketones is 1. The van der Waals surface area contributed by atoms with Gasteiger partial charge < -0.3 is 9.47 Å². The quantitative estimate of drug-likeness (QED) is 0.594. The Morgan fingerprint density at radius 2 is 1.92 bits per heavy atom. The minimum atomic E-state index is -0.594. The Hall–Kier alpha value is -1.69. The maximum absolute atomic E-state index is 14.1. The SMILES string of the molecule is COC1(c2cc(F)cc(S)c2CCC(=O)c2ccccc2)CCOCC1. The lowest BCUT2D eigenvalue weighted by Gasteiger charge is -2.38. The number of rotatable bonds is 6. The molecule has 0 bridgehead atoms. The number of hydrogen-bond acceptors (Lipinski definition) is 4. The van der Waals surface area contributed by atoms with E-state index in [1.807, 2.05) is 30.3 Å². The smallest absolute Gasteiger partial charge is 0.163 e. The van der Waals surface area contributed by atoms with Crippen LogP contribution in [0.2, 0.25) is 0 Å². The van der Waals surface area contributed by atoms with E-state index in [0.717, 1.165) is 11.1 Å². The number of carbonyl (C=O) groups is 1. The average molecular weight is 374 g/mol. The molecule has 0 spiro atoms. The van der Waals surface area contributed by atoms with Crippen LogP contribution >= 0.6 is 12.6 Å². The Balaban J connectivity index is 1.90. The van der Waals surface area contributed by atoms with Crippen LogP contribution in [0.5, 0.6) is 0 Å². The third-order valence-electron chi connectivity index (χ3n) is 5.07.